The van der Waals surface area contributed by atoms with Gasteiger partial charge < -0.3 is 25.3 Å². The molecule has 0 radical (unpaired) electrons. The van der Waals surface area contributed by atoms with Crippen molar-refractivity contribution in [3.8, 4) is 0 Å². The van der Waals surface area contributed by atoms with Crippen molar-refractivity contribution in [2.75, 3.05) is 18.4 Å². The molecule has 3 rings (SSSR count). The summed E-state index contributed by atoms with van der Waals surface area (Å²) >= 11 is 0. The topological polar surface area (TPSA) is 86.6 Å². The molecular weight excluding hydrogens is 356 g/mol. The van der Waals surface area contributed by atoms with Gasteiger partial charge in [-0.2, -0.15) is 0 Å². The maximum Gasteiger partial charge on any atom is 0.315 e. The van der Waals surface area contributed by atoms with Crippen molar-refractivity contribution >= 4 is 17.6 Å². The van der Waals surface area contributed by atoms with E-state index in [4.69, 9.17) is 4.42 Å². The third-order valence-electron chi connectivity index (χ3n) is 5.00. The van der Waals surface area contributed by atoms with Gasteiger partial charge in [0.05, 0.1) is 6.26 Å². The number of urea groups is 1. The Morgan fingerprint density at radius 1 is 1.14 bits per heavy atom. The van der Waals surface area contributed by atoms with Crippen molar-refractivity contribution in [3.63, 3.8) is 0 Å². The standard InChI is InChI=1S/C21H28N4O3/c1-15(2)25-11-9-18(10-12-25)24-21(27)22-14-16-5-7-17(8-6-16)23-20(26)19-4-3-13-28-19/h3-8,13,15,18H,9-12,14H2,1-2H3,(H,23,26)(H2,22,24,27). The highest BCUT2D eigenvalue weighted by atomic mass is 16.3. The van der Waals surface area contributed by atoms with E-state index in [1.807, 2.05) is 12.1 Å². The van der Waals surface area contributed by atoms with Gasteiger partial charge in [0, 0.05) is 37.4 Å². The van der Waals surface area contributed by atoms with Gasteiger partial charge in [0.1, 0.15) is 0 Å². The predicted octanol–water partition coefficient (Wildman–Crippen LogP) is 3.20. The highest BCUT2D eigenvalue weighted by Gasteiger charge is 2.21. The van der Waals surface area contributed by atoms with Crippen LogP contribution in [-0.4, -0.2) is 42.0 Å². The number of piperidine rings is 1. The van der Waals surface area contributed by atoms with E-state index in [0.29, 0.717) is 18.3 Å². The molecule has 0 aliphatic carbocycles. The Balaban J connectivity index is 1.40. The normalized spacial score (nSPS) is 15.4. The number of carbonyl (C=O) groups excluding carboxylic acids is 2. The summed E-state index contributed by atoms with van der Waals surface area (Å²) in [5.74, 6) is -0.0274. The molecule has 0 bridgehead atoms. The molecule has 7 nitrogen and oxygen atoms in total. The molecule has 1 aromatic heterocycles. The molecule has 3 N–H and O–H groups in total. The van der Waals surface area contributed by atoms with Crippen molar-refractivity contribution in [1.82, 2.24) is 15.5 Å². The molecule has 7 heteroatoms. The second-order valence-corrected chi connectivity index (χ2v) is 7.36. The van der Waals surface area contributed by atoms with Gasteiger partial charge in [-0.3, -0.25) is 4.79 Å². The monoisotopic (exact) mass is 384 g/mol. The van der Waals surface area contributed by atoms with E-state index >= 15 is 0 Å². The minimum Gasteiger partial charge on any atom is -0.459 e. The van der Waals surface area contributed by atoms with Gasteiger partial charge in [0.25, 0.3) is 5.91 Å². The van der Waals surface area contributed by atoms with Gasteiger partial charge in [-0.15, -0.1) is 0 Å². The summed E-state index contributed by atoms with van der Waals surface area (Å²) in [4.78, 5) is 26.5. The minimum absolute atomic E-state index is 0.141. The van der Waals surface area contributed by atoms with E-state index in [1.54, 1.807) is 24.3 Å². The number of likely N-dealkylation sites (tertiary alicyclic amines) is 1. The number of nitrogens with one attached hydrogen (secondary N) is 3. The van der Waals surface area contributed by atoms with Crippen molar-refractivity contribution in [1.29, 1.82) is 0 Å². The third-order valence-corrected chi connectivity index (χ3v) is 5.00. The molecule has 150 valence electrons. The number of furan rings is 1. The zero-order valence-corrected chi connectivity index (χ0v) is 16.4. The fourth-order valence-corrected chi connectivity index (χ4v) is 3.29. The lowest BCUT2D eigenvalue weighted by molar-refractivity contribution is 0.0996. The Kier molecular flexibility index (Phi) is 6.71. The van der Waals surface area contributed by atoms with Gasteiger partial charge in [0.15, 0.2) is 5.76 Å². The van der Waals surface area contributed by atoms with E-state index < -0.39 is 0 Å². The molecule has 3 amide bonds. The lowest BCUT2D eigenvalue weighted by Crippen LogP contribution is -2.49. The molecule has 28 heavy (non-hydrogen) atoms. The summed E-state index contributed by atoms with van der Waals surface area (Å²) in [5, 5.41) is 8.72. The molecule has 1 saturated heterocycles. The molecule has 0 unspecified atom stereocenters. The fraction of sp³-hybridized carbons (Fsp3) is 0.429. The fourth-order valence-electron chi connectivity index (χ4n) is 3.29. The average molecular weight is 384 g/mol. The Hall–Kier alpha value is -2.80. The van der Waals surface area contributed by atoms with Crippen LogP contribution in [0.2, 0.25) is 0 Å². The van der Waals surface area contributed by atoms with Crippen molar-refractivity contribution in [2.45, 2.75) is 45.3 Å². The van der Waals surface area contributed by atoms with Crippen molar-refractivity contribution in [2.24, 2.45) is 0 Å². The summed E-state index contributed by atoms with van der Waals surface area (Å²) in [6.07, 6.45) is 3.42. The molecule has 2 aromatic rings. The van der Waals surface area contributed by atoms with Crippen LogP contribution in [0.25, 0.3) is 0 Å². The molecule has 1 aromatic carbocycles. The van der Waals surface area contributed by atoms with Crippen LogP contribution >= 0.6 is 0 Å². The first-order chi connectivity index (χ1) is 13.5. The first kappa shape index (κ1) is 19.9. The molecule has 1 aliphatic rings. The minimum atomic E-state index is -0.293. The maximum absolute atomic E-state index is 12.1. The van der Waals surface area contributed by atoms with Crippen LogP contribution in [0.1, 0.15) is 42.8 Å². The zero-order chi connectivity index (χ0) is 19.9. The van der Waals surface area contributed by atoms with E-state index in [0.717, 1.165) is 31.5 Å². The number of amides is 3. The first-order valence-electron chi connectivity index (χ1n) is 9.73. The quantitative estimate of drug-likeness (QED) is 0.714. The second-order valence-electron chi connectivity index (χ2n) is 7.36. The summed E-state index contributed by atoms with van der Waals surface area (Å²) in [6, 6.07) is 11.3. The summed E-state index contributed by atoms with van der Waals surface area (Å²) in [7, 11) is 0. The van der Waals surface area contributed by atoms with Crippen LogP contribution in [0.3, 0.4) is 0 Å². The highest BCUT2D eigenvalue weighted by molar-refractivity contribution is 6.02. The summed E-state index contributed by atoms with van der Waals surface area (Å²) in [5.41, 5.74) is 1.63. The summed E-state index contributed by atoms with van der Waals surface area (Å²) < 4.78 is 5.07. The molecular formula is C21H28N4O3. The van der Waals surface area contributed by atoms with Gasteiger partial charge in [-0.25, -0.2) is 4.79 Å². The van der Waals surface area contributed by atoms with E-state index in [9.17, 15) is 9.59 Å². The third kappa shape index (κ3) is 5.60. The van der Waals surface area contributed by atoms with E-state index in [-0.39, 0.29) is 23.7 Å². The van der Waals surface area contributed by atoms with E-state index in [1.165, 1.54) is 6.26 Å². The average Bonchev–Trinajstić information content (AvgIpc) is 3.23. The Labute approximate surface area is 165 Å². The van der Waals surface area contributed by atoms with E-state index in [2.05, 4.69) is 34.7 Å². The Morgan fingerprint density at radius 3 is 2.46 bits per heavy atom. The molecule has 1 aliphatic heterocycles. The number of hydrogen-bond acceptors (Lipinski definition) is 4. The zero-order valence-electron chi connectivity index (χ0n) is 16.4. The molecule has 0 atom stereocenters. The number of benzene rings is 1. The van der Waals surface area contributed by atoms with Crippen LogP contribution in [0, 0.1) is 0 Å². The number of rotatable bonds is 6. The maximum atomic E-state index is 12.1. The Bertz CT molecular complexity index is 763. The van der Waals surface area contributed by atoms with Crippen molar-refractivity contribution < 1.29 is 14.0 Å². The molecule has 1 fully saturated rings. The highest BCUT2D eigenvalue weighted by Crippen LogP contribution is 2.13. The van der Waals surface area contributed by atoms with Crippen molar-refractivity contribution in [3.05, 3.63) is 54.0 Å². The van der Waals surface area contributed by atoms with Crippen LogP contribution in [0.15, 0.2) is 47.1 Å². The lowest BCUT2D eigenvalue weighted by Gasteiger charge is -2.34. The lowest BCUT2D eigenvalue weighted by atomic mass is 10.0. The van der Waals surface area contributed by atoms with Gasteiger partial charge >= 0.3 is 6.03 Å². The number of carbonyl (C=O) groups is 2. The number of hydrogen-bond donors (Lipinski definition) is 3. The first-order valence-corrected chi connectivity index (χ1v) is 9.73. The van der Waals surface area contributed by atoms with Crippen LogP contribution in [-0.2, 0) is 6.54 Å². The van der Waals surface area contributed by atoms with Gasteiger partial charge in [-0.05, 0) is 56.5 Å². The number of anilines is 1. The predicted molar refractivity (Wildman–Crippen MR) is 108 cm³/mol. The molecule has 0 spiro atoms. The SMILES string of the molecule is CC(C)N1CCC(NC(=O)NCc2ccc(NC(=O)c3ccco3)cc2)CC1. The largest absolute Gasteiger partial charge is 0.459 e. The van der Waals surface area contributed by atoms with Crippen LogP contribution in [0.4, 0.5) is 10.5 Å². The second kappa shape index (κ2) is 9.41. The van der Waals surface area contributed by atoms with Crippen LogP contribution in [0.5, 0.6) is 0 Å². The molecule has 2 heterocycles. The van der Waals surface area contributed by atoms with Gasteiger partial charge in [0.2, 0.25) is 0 Å². The molecule has 0 saturated carbocycles. The Morgan fingerprint density at radius 2 is 1.86 bits per heavy atom. The number of nitrogens with zero attached hydrogens (tertiary/aromatic N) is 1. The smallest absolute Gasteiger partial charge is 0.315 e. The summed E-state index contributed by atoms with van der Waals surface area (Å²) in [6.45, 7) is 6.88. The van der Waals surface area contributed by atoms with Gasteiger partial charge in [-0.1, -0.05) is 12.1 Å². The van der Waals surface area contributed by atoms with Crippen LogP contribution < -0.4 is 16.0 Å².